The molecule has 5 heteroatoms. The molecule has 1 aromatic heterocycles. The van der Waals surface area contributed by atoms with E-state index in [1.807, 2.05) is 6.07 Å². The van der Waals surface area contributed by atoms with Crippen LogP contribution in [0.1, 0.15) is 55.7 Å². The molecule has 0 bridgehead atoms. The van der Waals surface area contributed by atoms with E-state index in [0.717, 1.165) is 36.9 Å². The average molecular weight is 306 g/mol. The van der Waals surface area contributed by atoms with E-state index in [0.29, 0.717) is 12.1 Å². The van der Waals surface area contributed by atoms with Crippen LogP contribution in [-0.4, -0.2) is 16.6 Å². The minimum absolute atomic E-state index is 0.110. The topological polar surface area (TPSA) is 29.3 Å². The lowest BCUT2D eigenvalue weighted by molar-refractivity contribution is 0.233. The second-order valence-electron chi connectivity index (χ2n) is 6.17. The normalized spacial score (nSPS) is 19.2. The van der Waals surface area contributed by atoms with Gasteiger partial charge in [-0.3, -0.25) is 4.90 Å². The first-order chi connectivity index (χ1) is 10.5. The van der Waals surface area contributed by atoms with Gasteiger partial charge in [-0.2, -0.15) is 0 Å². The van der Waals surface area contributed by atoms with Crippen LogP contribution in [-0.2, 0) is 6.54 Å². The second-order valence-corrected chi connectivity index (χ2v) is 6.17. The van der Waals surface area contributed by atoms with Crippen molar-refractivity contribution < 1.29 is 13.3 Å². The third kappa shape index (κ3) is 3.04. The van der Waals surface area contributed by atoms with Crippen LogP contribution >= 0.6 is 0 Å². The summed E-state index contributed by atoms with van der Waals surface area (Å²) in [4.78, 5) is 2.14. The zero-order chi connectivity index (χ0) is 15.7. The van der Waals surface area contributed by atoms with Gasteiger partial charge in [-0.05, 0) is 37.6 Å². The second kappa shape index (κ2) is 6.16. The SMILES string of the molecule is CC(C)c1cc(C2CCCN2Cc2cc(F)ccc2F)no1. The molecule has 2 aromatic rings. The van der Waals surface area contributed by atoms with Crippen LogP contribution in [0.5, 0.6) is 0 Å². The number of halogens is 2. The number of aromatic nitrogens is 1. The van der Waals surface area contributed by atoms with Crippen molar-refractivity contribution in [1.82, 2.24) is 10.1 Å². The molecular formula is C17H20F2N2O. The fourth-order valence-electron chi connectivity index (χ4n) is 2.97. The highest BCUT2D eigenvalue weighted by Crippen LogP contribution is 2.34. The van der Waals surface area contributed by atoms with Crippen molar-refractivity contribution in [3.63, 3.8) is 0 Å². The van der Waals surface area contributed by atoms with Crippen molar-refractivity contribution in [3.05, 3.63) is 52.9 Å². The van der Waals surface area contributed by atoms with Crippen LogP contribution in [0.3, 0.4) is 0 Å². The summed E-state index contributed by atoms with van der Waals surface area (Å²) in [5.41, 5.74) is 1.28. The van der Waals surface area contributed by atoms with Crippen molar-refractivity contribution in [2.24, 2.45) is 0 Å². The van der Waals surface area contributed by atoms with Crippen molar-refractivity contribution in [1.29, 1.82) is 0 Å². The number of hydrogen-bond donors (Lipinski definition) is 0. The van der Waals surface area contributed by atoms with E-state index in [2.05, 4.69) is 23.9 Å². The molecule has 0 radical (unpaired) electrons. The molecule has 1 aromatic carbocycles. The fraction of sp³-hybridized carbons (Fsp3) is 0.471. The highest BCUT2D eigenvalue weighted by atomic mass is 19.1. The summed E-state index contributed by atoms with van der Waals surface area (Å²) in [7, 11) is 0. The third-order valence-corrected chi connectivity index (χ3v) is 4.20. The van der Waals surface area contributed by atoms with Crippen LogP contribution in [0.2, 0.25) is 0 Å². The molecule has 2 heterocycles. The van der Waals surface area contributed by atoms with Crippen LogP contribution in [0.4, 0.5) is 8.78 Å². The minimum Gasteiger partial charge on any atom is -0.361 e. The van der Waals surface area contributed by atoms with Crippen molar-refractivity contribution in [2.45, 2.75) is 45.2 Å². The molecule has 0 saturated carbocycles. The summed E-state index contributed by atoms with van der Waals surface area (Å²) in [6.45, 7) is 5.35. The molecule has 1 aliphatic heterocycles. The Morgan fingerprint density at radius 3 is 2.86 bits per heavy atom. The smallest absolute Gasteiger partial charge is 0.139 e. The van der Waals surface area contributed by atoms with Gasteiger partial charge in [0.25, 0.3) is 0 Å². The van der Waals surface area contributed by atoms with Gasteiger partial charge in [-0.1, -0.05) is 19.0 Å². The van der Waals surface area contributed by atoms with Crippen LogP contribution in [0, 0.1) is 11.6 Å². The Hall–Kier alpha value is -1.75. The Morgan fingerprint density at radius 2 is 2.14 bits per heavy atom. The van der Waals surface area contributed by atoms with Crippen LogP contribution in [0.25, 0.3) is 0 Å². The standard InChI is InChI=1S/C17H20F2N2O/c1-11(2)17-9-15(20-22-17)16-4-3-7-21(16)10-12-8-13(18)5-6-14(12)19/h5-6,8-9,11,16H,3-4,7,10H2,1-2H3. The molecule has 1 unspecified atom stereocenters. The predicted molar refractivity (Wildman–Crippen MR) is 79.3 cm³/mol. The van der Waals surface area contributed by atoms with Gasteiger partial charge >= 0.3 is 0 Å². The first kappa shape index (κ1) is 15.2. The van der Waals surface area contributed by atoms with Gasteiger partial charge in [0.1, 0.15) is 23.1 Å². The van der Waals surface area contributed by atoms with Crippen molar-refractivity contribution >= 4 is 0 Å². The summed E-state index contributed by atoms with van der Waals surface area (Å²) in [6.07, 6.45) is 1.98. The molecule has 3 nitrogen and oxygen atoms in total. The van der Waals surface area contributed by atoms with Gasteiger partial charge in [-0.15, -0.1) is 0 Å². The van der Waals surface area contributed by atoms with E-state index in [1.54, 1.807) is 0 Å². The Balaban J connectivity index is 1.79. The number of rotatable bonds is 4. The molecule has 0 spiro atoms. The zero-order valence-electron chi connectivity index (χ0n) is 12.9. The summed E-state index contributed by atoms with van der Waals surface area (Å²) < 4.78 is 32.5. The summed E-state index contributed by atoms with van der Waals surface area (Å²) in [5.74, 6) is 0.376. The Bertz CT molecular complexity index is 654. The summed E-state index contributed by atoms with van der Waals surface area (Å²) in [6, 6.07) is 5.69. The highest BCUT2D eigenvalue weighted by molar-refractivity contribution is 5.20. The highest BCUT2D eigenvalue weighted by Gasteiger charge is 2.29. The molecule has 1 saturated heterocycles. The molecule has 118 valence electrons. The number of likely N-dealkylation sites (tertiary alicyclic amines) is 1. The molecule has 3 rings (SSSR count). The average Bonchev–Trinajstić information content (AvgIpc) is 3.11. The lowest BCUT2D eigenvalue weighted by Crippen LogP contribution is -2.23. The van der Waals surface area contributed by atoms with Crippen LogP contribution in [0.15, 0.2) is 28.8 Å². The Morgan fingerprint density at radius 1 is 1.32 bits per heavy atom. The van der Waals surface area contributed by atoms with Gasteiger partial charge in [0.2, 0.25) is 0 Å². The van der Waals surface area contributed by atoms with Gasteiger partial charge in [0.15, 0.2) is 0 Å². The van der Waals surface area contributed by atoms with Crippen molar-refractivity contribution in [2.75, 3.05) is 6.54 Å². The maximum absolute atomic E-state index is 13.8. The first-order valence-corrected chi connectivity index (χ1v) is 7.69. The first-order valence-electron chi connectivity index (χ1n) is 7.69. The Kier molecular flexibility index (Phi) is 4.25. The third-order valence-electron chi connectivity index (χ3n) is 4.20. The quantitative estimate of drug-likeness (QED) is 0.837. The largest absolute Gasteiger partial charge is 0.361 e. The maximum atomic E-state index is 13.8. The molecule has 0 N–H and O–H groups in total. The summed E-state index contributed by atoms with van der Waals surface area (Å²) in [5, 5.41) is 4.17. The molecule has 22 heavy (non-hydrogen) atoms. The monoisotopic (exact) mass is 306 g/mol. The van der Waals surface area contributed by atoms with E-state index in [9.17, 15) is 8.78 Å². The van der Waals surface area contributed by atoms with Crippen molar-refractivity contribution in [3.8, 4) is 0 Å². The molecule has 0 amide bonds. The van der Waals surface area contributed by atoms with Gasteiger partial charge in [0.05, 0.1) is 6.04 Å². The lowest BCUT2D eigenvalue weighted by Gasteiger charge is -2.22. The number of benzene rings is 1. The van der Waals surface area contributed by atoms with E-state index >= 15 is 0 Å². The van der Waals surface area contributed by atoms with Gasteiger partial charge < -0.3 is 4.52 Å². The van der Waals surface area contributed by atoms with E-state index in [4.69, 9.17) is 4.52 Å². The zero-order valence-corrected chi connectivity index (χ0v) is 12.9. The van der Waals surface area contributed by atoms with Gasteiger partial charge in [0, 0.05) is 24.1 Å². The van der Waals surface area contributed by atoms with E-state index < -0.39 is 5.82 Å². The minimum atomic E-state index is -0.407. The summed E-state index contributed by atoms with van der Waals surface area (Å²) >= 11 is 0. The predicted octanol–water partition coefficient (Wildman–Crippen LogP) is 4.41. The van der Waals surface area contributed by atoms with E-state index in [1.165, 1.54) is 12.1 Å². The Labute approximate surface area is 128 Å². The van der Waals surface area contributed by atoms with E-state index in [-0.39, 0.29) is 17.8 Å². The molecule has 0 aliphatic carbocycles. The van der Waals surface area contributed by atoms with Crippen LogP contribution < -0.4 is 0 Å². The molecule has 1 atom stereocenters. The number of nitrogens with zero attached hydrogens (tertiary/aromatic N) is 2. The fourth-order valence-corrected chi connectivity index (χ4v) is 2.97. The maximum Gasteiger partial charge on any atom is 0.139 e. The molecule has 1 fully saturated rings. The lowest BCUT2D eigenvalue weighted by atomic mass is 10.1. The van der Waals surface area contributed by atoms with Gasteiger partial charge in [-0.25, -0.2) is 8.78 Å². The molecular weight excluding hydrogens is 286 g/mol. The molecule has 1 aliphatic rings. The number of hydrogen-bond acceptors (Lipinski definition) is 3.